The minimum atomic E-state index is -0.106. The Morgan fingerprint density at radius 1 is 1.15 bits per heavy atom. The molecular formula is C23H24ClNO2. The van der Waals surface area contributed by atoms with Gasteiger partial charge in [0.2, 0.25) is 0 Å². The number of benzene rings is 1. The summed E-state index contributed by atoms with van der Waals surface area (Å²) in [6, 6.07) is 7.69. The third-order valence-corrected chi connectivity index (χ3v) is 7.28. The van der Waals surface area contributed by atoms with Crippen LogP contribution in [0.1, 0.15) is 44.1 Å². The highest BCUT2D eigenvalue weighted by Gasteiger charge is 2.53. The van der Waals surface area contributed by atoms with Crippen molar-refractivity contribution in [3.63, 3.8) is 0 Å². The van der Waals surface area contributed by atoms with Crippen LogP contribution in [-0.4, -0.2) is 17.9 Å². The second-order valence-corrected chi connectivity index (χ2v) is 9.18. The summed E-state index contributed by atoms with van der Waals surface area (Å²) in [6.07, 6.45) is 10.9. The highest BCUT2D eigenvalue weighted by Crippen LogP contribution is 2.60. The van der Waals surface area contributed by atoms with Crippen molar-refractivity contribution >= 4 is 34.4 Å². The number of fused-ring (bicyclic) bond motifs is 1. The van der Waals surface area contributed by atoms with Gasteiger partial charge in [0, 0.05) is 16.4 Å². The van der Waals surface area contributed by atoms with Crippen LogP contribution < -0.4 is 4.74 Å². The third kappa shape index (κ3) is 2.97. The zero-order valence-corrected chi connectivity index (χ0v) is 16.3. The van der Waals surface area contributed by atoms with Crippen LogP contribution in [-0.2, 0) is 4.79 Å². The summed E-state index contributed by atoms with van der Waals surface area (Å²) in [7, 11) is 1.65. The van der Waals surface area contributed by atoms with E-state index in [4.69, 9.17) is 16.3 Å². The number of hydrogen-bond acceptors (Lipinski definition) is 3. The van der Waals surface area contributed by atoms with Crippen molar-refractivity contribution in [3.05, 3.63) is 41.1 Å². The van der Waals surface area contributed by atoms with Gasteiger partial charge in [-0.25, -0.2) is 4.98 Å². The van der Waals surface area contributed by atoms with Crippen molar-refractivity contribution in [1.29, 1.82) is 0 Å². The van der Waals surface area contributed by atoms with Gasteiger partial charge < -0.3 is 4.74 Å². The molecule has 0 aliphatic heterocycles. The molecule has 4 aliphatic rings. The van der Waals surface area contributed by atoms with Crippen molar-refractivity contribution < 1.29 is 9.53 Å². The molecule has 0 N–H and O–H groups in total. The van der Waals surface area contributed by atoms with Crippen molar-refractivity contribution in [1.82, 2.24) is 4.98 Å². The highest BCUT2D eigenvalue weighted by molar-refractivity contribution is 6.31. The molecule has 4 saturated carbocycles. The fraction of sp³-hybridized carbons (Fsp3) is 0.478. The van der Waals surface area contributed by atoms with E-state index in [0.717, 1.165) is 59.2 Å². The van der Waals surface area contributed by atoms with Crippen molar-refractivity contribution in [2.45, 2.75) is 38.5 Å². The van der Waals surface area contributed by atoms with E-state index in [-0.39, 0.29) is 5.41 Å². The van der Waals surface area contributed by atoms with Crippen LogP contribution in [0.25, 0.3) is 17.0 Å². The van der Waals surface area contributed by atoms with Crippen molar-refractivity contribution in [3.8, 4) is 5.75 Å². The molecule has 4 fully saturated rings. The van der Waals surface area contributed by atoms with Gasteiger partial charge >= 0.3 is 0 Å². The molecule has 0 unspecified atom stereocenters. The topological polar surface area (TPSA) is 39.2 Å². The molecule has 2 aromatic rings. The van der Waals surface area contributed by atoms with E-state index in [0.29, 0.717) is 10.9 Å². The average Bonchev–Trinajstić information content (AvgIpc) is 2.64. The summed E-state index contributed by atoms with van der Waals surface area (Å²) in [4.78, 5) is 17.6. The Balaban J connectivity index is 1.43. The number of ether oxygens (including phenoxy) is 1. The molecule has 4 aliphatic carbocycles. The van der Waals surface area contributed by atoms with Gasteiger partial charge in [-0.05, 0) is 92.7 Å². The Bertz CT molecular complexity index is 914. The van der Waals surface area contributed by atoms with Crippen LogP contribution in [0.5, 0.6) is 5.75 Å². The Morgan fingerprint density at radius 3 is 2.44 bits per heavy atom. The molecular weight excluding hydrogens is 358 g/mol. The standard InChI is InChI=1S/C23H24ClNO2/c1-27-19-3-4-20-18(10-19)9-17(22(24)25-20)2-5-21(26)23-11-14-6-15(12-23)8-16(7-14)13-23/h2-5,9-10,14-16H,6-8,11-13H2,1H3/b5-2+. The Morgan fingerprint density at radius 2 is 1.81 bits per heavy atom. The maximum Gasteiger partial charge on any atom is 0.161 e. The van der Waals surface area contributed by atoms with Crippen LogP contribution >= 0.6 is 11.6 Å². The molecule has 6 rings (SSSR count). The Hall–Kier alpha value is -1.87. The smallest absolute Gasteiger partial charge is 0.161 e. The average molecular weight is 382 g/mol. The van der Waals surface area contributed by atoms with Gasteiger partial charge in [0.15, 0.2) is 5.78 Å². The first-order chi connectivity index (χ1) is 13.0. The quantitative estimate of drug-likeness (QED) is 0.504. The molecule has 27 heavy (non-hydrogen) atoms. The van der Waals surface area contributed by atoms with Gasteiger partial charge in [0.05, 0.1) is 12.6 Å². The van der Waals surface area contributed by atoms with Gasteiger partial charge in [-0.2, -0.15) is 0 Å². The monoisotopic (exact) mass is 381 g/mol. The second-order valence-electron chi connectivity index (χ2n) is 8.82. The summed E-state index contributed by atoms with van der Waals surface area (Å²) in [5, 5.41) is 1.39. The molecule has 0 spiro atoms. The van der Waals surface area contributed by atoms with E-state index in [1.165, 1.54) is 19.3 Å². The molecule has 0 atom stereocenters. The molecule has 3 nitrogen and oxygen atoms in total. The Labute approximate surface area is 164 Å². The SMILES string of the molecule is COc1ccc2nc(Cl)c(/C=C/C(=O)C34CC5CC(CC(C5)C3)C4)cc2c1. The maximum atomic E-state index is 13.2. The van der Waals surface area contributed by atoms with E-state index < -0.39 is 0 Å². The summed E-state index contributed by atoms with van der Waals surface area (Å²) in [5.41, 5.74) is 1.51. The summed E-state index contributed by atoms with van der Waals surface area (Å²) in [5.74, 6) is 3.39. The van der Waals surface area contributed by atoms with Crippen molar-refractivity contribution in [2.24, 2.45) is 23.2 Å². The minimum Gasteiger partial charge on any atom is -0.497 e. The molecule has 1 aromatic carbocycles. The third-order valence-electron chi connectivity index (χ3n) is 6.98. The highest BCUT2D eigenvalue weighted by atomic mass is 35.5. The number of carbonyl (C=O) groups is 1. The lowest BCUT2D eigenvalue weighted by atomic mass is 9.48. The van der Waals surface area contributed by atoms with Gasteiger partial charge in [-0.15, -0.1) is 0 Å². The largest absolute Gasteiger partial charge is 0.497 e. The lowest BCUT2D eigenvalue weighted by Crippen LogP contribution is -2.49. The molecule has 4 heteroatoms. The molecule has 140 valence electrons. The number of pyridine rings is 1. The number of hydrogen-bond donors (Lipinski definition) is 0. The lowest BCUT2D eigenvalue weighted by molar-refractivity contribution is -0.138. The number of carbonyl (C=O) groups excluding carboxylic acids is 1. The van der Waals surface area contributed by atoms with E-state index >= 15 is 0 Å². The Kier molecular flexibility index (Phi) is 4.05. The predicted molar refractivity (Wildman–Crippen MR) is 108 cm³/mol. The van der Waals surface area contributed by atoms with E-state index in [9.17, 15) is 4.79 Å². The van der Waals surface area contributed by atoms with Gasteiger partial charge in [-0.3, -0.25) is 4.79 Å². The van der Waals surface area contributed by atoms with Crippen LogP contribution in [0.15, 0.2) is 30.3 Å². The van der Waals surface area contributed by atoms with E-state index in [1.807, 2.05) is 30.3 Å². The first kappa shape index (κ1) is 17.2. The fourth-order valence-corrected chi connectivity index (χ4v) is 6.35. The van der Waals surface area contributed by atoms with Gasteiger partial charge in [0.25, 0.3) is 0 Å². The normalized spacial score (nSPS) is 31.7. The first-order valence-electron chi connectivity index (χ1n) is 9.91. The zero-order chi connectivity index (χ0) is 18.6. The van der Waals surface area contributed by atoms with E-state index in [1.54, 1.807) is 13.2 Å². The number of nitrogens with zero attached hydrogens (tertiary/aromatic N) is 1. The minimum absolute atomic E-state index is 0.106. The van der Waals surface area contributed by atoms with E-state index in [2.05, 4.69) is 4.98 Å². The van der Waals surface area contributed by atoms with Gasteiger partial charge in [0.1, 0.15) is 10.9 Å². The number of allylic oxidation sites excluding steroid dienone is 1. The maximum absolute atomic E-state index is 13.2. The fourth-order valence-electron chi connectivity index (χ4n) is 6.15. The molecule has 1 aromatic heterocycles. The summed E-state index contributed by atoms with van der Waals surface area (Å²) < 4.78 is 5.30. The first-order valence-corrected chi connectivity index (χ1v) is 10.3. The second kappa shape index (κ2) is 6.34. The van der Waals surface area contributed by atoms with Gasteiger partial charge in [-0.1, -0.05) is 11.6 Å². The number of aromatic nitrogens is 1. The molecule has 4 bridgehead atoms. The lowest BCUT2D eigenvalue weighted by Gasteiger charge is -2.55. The van der Waals surface area contributed by atoms with Crippen LogP contribution in [0.4, 0.5) is 0 Å². The van der Waals surface area contributed by atoms with Crippen LogP contribution in [0.2, 0.25) is 5.15 Å². The van der Waals surface area contributed by atoms with Crippen LogP contribution in [0.3, 0.4) is 0 Å². The number of rotatable bonds is 4. The molecule has 1 heterocycles. The predicted octanol–water partition coefficient (Wildman–Crippen LogP) is 5.70. The molecule has 0 radical (unpaired) electrons. The molecule has 0 amide bonds. The zero-order valence-electron chi connectivity index (χ0n) is 15.6. The van der Waals surface area contributed by atoms with Crippen LogP contribution in [0, 0.1) is 23.2 Å². The summed E-state index contributed by atoms with van der Waals surface area (Å²) in [6.45, 7) is 0. The summed E-state index contributed by atoms with van der Waals surface area (Å²) >= 11 is 6.37. The number of ketones is 1. The van der Waals surface area contributed by atoms with Crippen molar-refractivity contribution in [2.75, 3.05) is 7.11 Å². The number of halogens is 1. The molecule has 0 saturated heterocycles. The number of methoxy groups -OCH3 is 1.